The Balaban J connectivity index is 1.65. The van der Waals surface area contributed by atoms with Crippen LogP contribution in [0.25, 0.3) is 26.0 Å². The molecule has 0 amide bonds. The van der Waals surface area contributed by atoms with Gasteiger partial charge in [-0.2, -0.15) is 0 Å². The summed E-state index contributed by atoms with van der Waals surface area (Å²) in [7, 11) is 0. The van der Waals surface area contributed by atoms with Crippen LogP contribution >= 0.6 is 23.1 Å². The molecule has 0 aliphatic carbocycles. The van der Waals surface area contributed by atoms with Crippen molar-refractivity contribution < 1.29 is 4.79 Å². The van der Waals surface area contributed by atoms with Crippen LogP contribution in [0.3, 0.4) is 0 Å². The fourth-order valence-electron chi connectivity index (χ4n) is 3.36. The summed E-state index contributed by atoms with van der Waals surface area (Å²) in [5, 5.41) is 1.48. The molecule has 30 heavy (non-hydrogen) atoms. The van der Waals surface area contributed by atoms with Gasteiger partial charge in [0.25, 0.3) is 5.56 Å². The molecule has 0 N–H and O–H groups in total. The first-order chi connectivity index (χ1) is 14.7. The first kappa shape index (κ1) is 18.8. The highest BCUT2D eigenvalue weighted by Crippen LogP contribution is 2.32. The molecular weight excluding hydrogens is 412 g/mol. The molecule has 5 aromatic rings. The number of fused-ring (bicyclic) bond motifs is 3. The standard InChI is InChI=1S/C24H16N2O2S2/c27-19(16-9-3-1-4-10-16)15-29-24-25-21-18-13-7-8-14-20(18)30-22(21)23(28)26(24)17-11-5-2-6-12-17/h1-14H,15H2. The van der Waals surface area contributed by atoms with E-state index in [1.807, 2.05) is 72.8 Å². The summed E-state index contributed by atoms with van der Waals surface area (Å²) in [5.74, 6) is 0.210. The van der Waals surface area contributed by atoms with Gasteiger partial charge in [-0.05, 0) is 18.2 Å². The topological polar surface area (TPSA) is 52.0 Å². The van der Waals surface area contributed by atoms with E-state index < -0.39 is 0 Å². The van der Waals surface area contributed by atoms with E-state index in [9.17, 15) is 9.59 Å². The normalized spacial score (nSPS) is 11.2. The molecule has 146 valence electrons. The van der Waals surface area contributed by atoms with Crippen LogP contribution in [0.1, 0.15) is 10.4 Å². The van der Waals surface area contributed by atoms with Crippen molar-refractivity contribution in [2.75, 3.05) is 5.75 Å². The molecular formula is C24H16N2O2S2. The van der Waals surface area contributed by atoms with Gasteiger partial charge in [-0.1, -0.05) is 78.5 Å². The second-order valence-corrected chi connectivity index (χ2v) is 8.72. The van der Waals surface area contributed by atoms with E-state index in [2.05, 4.69) is 0 Å². The molecule has 3 aromatic carbocycles. The number of hydrogen-bond donors (Lipinski definition) is 0. The zero-order valence-electron chi connectivity index (χ0n) is 15.8. The minimum absolute atomic E-state index is 0.00438. The maximum atomic E-state index is 13.5. The summed E-state index contributed by atoms with van der Waals surface area (Å²) in [5.41, 5.74) is 1.98. The molecule has 6 heteroatoms. The summed E-state index contributed by atoms with van der Waals surface area (Å²) in [4.78, 5) is 31.0. The minimum Gasteiger partial charge on any atom is -0.293 e. The van der Waals surface area contributed by atoms with Gasteiger partial charge in [-0.3, -0.25) is 14.2 Å². The molecule has 0 saturated heterocycles. The first-order valence-electron chi connectivity index (χ1n) is 9.43. The van der Waals surface area contributed by atoms with Crippen molar-refractivity contribution in [1.82, 2.24) is 9.55 Å². The molecule has 0 aliphatic rings. The van der Waals surface area contributed by atoms with E-state index in [0.29, 0.717) is 20.9 Å². The zero-order valence-corrected chi connectivity index (χ0v) is 17.5. The highest BCUT2D eigenvalue weighted by molar-refractivity contribution is 7.99. The Hall–Kier alpha value is -3.22. The first-order valence-corrected chi connectivity index (χ1v) is 11.2. The van der Waals surface area contributed by atoms with Crippen LogP contribution in [-0.4, -0.2) is 21.1 Å². The van der Waals surface area contributed by atoms with Gasteiger partial charge in [0.2, 0.25) is 0 Å². The minimum atomic E-state index is -0.109. The number of rotatable bonds is 5. The summed E-state index contributed by atoms with van der Waals surface area (Å²) in [6.45, 7) is 0. The average Bonchev–Trinajstić information content (AvgIpc) is 3.18. The van der Waals surface area contributed by atoms with E-state index >= 15 is 0 Å². The quantitative estimate of drug-likeness (QED) is 0.208. The molecule has 0 bridgehead atoms. The number of nitrogens with zero attached hydrogens (tertiary/aromatic N) is 2. The highest BCUT2D eigenvalue weighted by atomic mass is 32.2. The van der Waals surface area contributed by atoms with Crippen LogP contribution in [0.2, 0.25) is 0 Å². The highest BCUT2D eigenvalue weighted by Gasteiger charge is 2.18. The third-order valence-corrected chi connectivity index (χ3v) is 6.89. The zero-order chi connectivity index (χ0) is 20.5. The van der Waals surface area contributed by atoms with Gasteiger partial charge in [0.05, 0.1) is 17.0 Å². The summed E-state index contributed by atoms with van der Waals surface area (Å²) >= 11 is 2.75. The van der Waals surface area contributed by atoms with Crippen LogP contribution in [0.5, 0.6) is 0 Å². The number of aromatic nitrogens is 2. The molecule has 0 saturated carbocycles. The maximum absolute atomic E-state index is 13.5. The number of para-hydroxylation sites is 1. The third-order valence-electron chi connectivity index (χ3n) is 4.81. The Bertz CT molecular complexity index is 1420. The van der Waals surface area contributed by atoms with Crippen molar-refractivity contribution >= 4 is 49.2 Å². The van der Waals surface area contributed by atoms with E-state index in [-0.39, 0.29) is 17.1 Å². The molecule has 5 rings (SSSR count). The lowest BCUT2D eigenvalue weighted by Crippen LogP contribution is -2.21. The number of benzene rings is 3. The van der Waals surface area contributed by atoms with E-state index in [1.54, 1.807) is 16.7 Å². The van der Waals surface area contributed by atoms with Gasteiger partial charge >= 0.3 is 0 Å². The smallest absolute Gasteiger partial charge is 0.276 e. The second kappa shape index (κ2) is 7.89. The van der Waals surface area contributed by atoms with Crippen molar-refractivity contribution in [3.05, 3.63) is 101 Å². The molecule has 2 heterocycles. The number of hydrogen-bond acceptors (Lipinski definition) is 5. The Labute approximate surface area is 180 Å². The fourth-order valence-corrected chi connectivity index (χ4v) is 5.33. The average molecular weight is 429 g/mol. The van der Waals surface area contributed by atoms with E-state index in [0.717, 1.165) is 15.8 Å². The fraction of sp³-hybridized carbons (Fsp3) is 0.0417. The van der Waals surface area contributed by atoms with Gasteiger partial charge in [-0.25, -0.2) is 4.98 Å². The van der Waals surface area contributed by atoms with E-state index in [1.165, 1.54) is 23.1 Å². The van der Waals surface area contributed by atoms with Gasteiger partial charge in [0.15, 0.2) is 10.9 Å². The Morgan fingerprint density at radius 3 is 2.33 bits per heavy atom. The molecule has 0 fully saturated rings. The van der Waals surface area contributed by atoms with Crippen molar-refractivity contribution in [3.8, 4) is 5.69 Å². The monoisotopic (exact) mass is 428 g/mol. The third kappa shape index (κ3) is 3.34. The number of carbonyl (C=O) groups is 1. The van der Waals surface area contributed by atoms with E-state index in [4.69, 9.17) is 4.98 Å². The van der Waals surface area contributed by atoms with Crippen molar-refractivity contribution in [3.63, 3.8) is 0 Å². The Morgan fingerprint density at radius 1 is 0.900 bits per heavy atom. The molecule has 2 aromatic heterocycles. The number of carbonyl (C=O) groups excluding carboxylic acids is 1. The van der Waals surface area contributed by atoms with Crippen LogP contribution < -0.4 is 5.56 Å². The van der Waals surface area contributed by atoms with Gasteiger partial charge in [0, 0.05) is 15.6 Å². The van der Waals surface area contributed by atoms with Crippen molar-refractivity contribution in [2.24, 2.45) is 0 Å². The summed E-state index contributed by atoms with van der Waals surface area (Å²) in [6, 6.07) is 26.5. The largest absolute Gasteiger partial charge is 0.293 e. The number of ketones is 1. The van der Waals surface area contributed by atoms with Gasteiger partial charge < -0.3 is 0 Å². The number of thioether (sulfide) groups is 1. The van der Waals surface area contributed by atoms with Crippen LogP contribution in [0.15, 0.2) is 94.9 Å². The van der Waals surface area contributed by atoms with Crippen LogP contribution in [0, 0.1) is 0 Å². The molecule has 0 aliphatic heterocycles. The van der Waals surface area contributed by atoms with Crippen LogP contribution in [-0.2, 0) is 0 Å². The molecule has 0 spiro atoms. The second-order valence-electron chi connectivity index (χ2n) is 6.72. The summed E-state index contributed by atoms with van der Waals surface area (Å²) < 4.78 is 3.26. The lowest BCUT2D eigenvalue weighted by atomic mass is 10.2. The predicted molar refractivity (Wildman–Crippen MR) is 124 cm³/mol. The van der Waals surface area contributed by atoms with Crippen molar-refractivity contribution in [1.29, 1.82) is 0 Å². The Kier molecular flexibility index (Phi) is 4.94. The van der Waals surface area contributed by atoms with Gasteiger partial charge in [0.1, 0.15) is 4.70 Å². The number of Topliss-reactive ketones (excluding diaryl/α,β-unsaturated/α-hetero) is 1. The predicted octanol–water partition coefficient (Wildman–Crippen LogP) is 5.58. The molecule has 0 radical (unpaired) electrons. The van der Waals surface area contributed by atoms with Crippen LogP contribution in [0.4, 0.5) is 0 Å². The molecule has 0 unspecified atom stereocenters. The van der Waals surface area contributed by atoms with Crippen molar-refractivity contribution in [2.45, 2.75) is 5.16 Å². The molecule has 0 atom stereocenters. The number of thiophene rings is 1. The SMILES string of the molecule is O=C(CSc1nc2c(sc3ccccc32)c(=O)n1-c1ccccc1)c1ccccc1. The summed E-state index contributed by atoms with van der Waals surface area (Å²) in [6.07, 6.45) is 0. The Morgan fingerprint density at radius 2 is 1.57 bits per heavy atom. The lowest BCUT2D eigenvalue weighted by molar-refractivity contribution is 0.102. The molecule has 4 nitrogen and oxygen atoms in total. The van der Waals surface area contributed by atoms with Gasteiger partial charge in [-0.15, -0.1) is 11.3 Å². The lowest BCUT2D eigenvalue weighted by Gasteiger charge is -2.12. The maximum Gasteiger partial charge on any atom is 0.276 e.